The second kappa shape index (κ2) is 6.54. The lowest BCUT2D eigenvalue weighted by atomic mass is 10.1. The van der Waals surface area contributed by atoms with Crippen LogP contribution in [0.15, 0.2) is 42.5 Å². The molecule has 0 spiro atoms. The number of halogens is 3. The van der Waals surface area contributed by atoms with E-state index in [0.717, 1.165) is 5.69 Å². The van der Waals surface area contributed by atoms with Crippen LogP contribution in [0.2, 0.25) is 5.02 Å². The van der Waals surface area contributed by atoms with Crippen LogP contribution in [0.5, 0.6) is 0 Å². The van der Waals surface area contributed by atoms with Crippen LogP contribution in [0.25, 0.3) is 0 Å². The van der Waals surface area contributed by atoms with Gasteiger partial charge in [0.2, 0.25) is 0 Å². The fourth-order valence-electron chi connectivity index (χ4n) is 2.65. The maximum Gasteiger partial charge on any atom is 0.256 e. The van der Waals surface area contributed by atoms with Crippen molar-refractivity contribution >= 4 is 23.2 Å². The highest BCUT2D eigenvalue weighted by Gasteiger charge is 2.24. The summed E-state index contributed by atoms with van der Waals surface area (Å²) in [5.41, 5.74) is 0.903. The number of anilines is 1. The highest BCUT2D eigenvalue weighted by atomic mass is 35.5. The number of benzene rings is 2. The molecule has 6 heteroatoms. The Balaban J connectivity index is 1.67. The van der Waals surface area contributed by atoms with Gasteiger partial charge in [0.1, 0.15) is 11.6 Å². The molecule has 3 nitrogen and oxygen atoms in total. The molecular weight excluding hydrogens is 322 g/mol. The Kier molecular flexibility index (Phi) is 4.48. The minimum Gasteiger partial charge on any atom is -0.368 e. The Hall–Kier alpha value is -2.14. The van der Waals surface area contributed by atoms with Crippen LogP contribution in [-0.2, 0) is 0 Å². The summed E-state index contributed by atoms with van der Waals surface area (Å²) in [6.07, 6.45) is 0. The first-order valence-corrected chi connectivity index (χ1v) is 7.68. The van der Waals surface area contributed by atoms with Crippen molar-refractivity contribution in [2.45, 2.75) is 0 Å². The molecule has 0 unspecified atom stereocenters. The van der Waals surface area contributed by atoms with Crippen LogP contribution in [-0.4, -0.2) is 37.0 Å². The van der Waals surface area contributed by atoms with Gasteiger partial charge in [-0.05, 0) is 30.3 Å². The van der Waals surface area contributed by atoms with Gasteiger partial charge in [-0.25, -0.2) is 8.78 Å². The van der Waals surface area contributed by atoms with E-state index >= 15 is 0 Å². The molecule has 0 aromatic heterocycles. The number of carbonyl (C=O) groups excluding carboxylic acids is 1. The van der Waals surface area contributed by atoms with Crippen molar-refractivity contribution in [3.63, 3.8) is 0 Å². The number of hydrogen-bond acceptors (Lipinski definition) is 2. The summed E-state index contributed by atoms with van der Waals surface area (Å²) in [5, 5.41) is 0.0763. The van der Waals surface area contributed by atoms with E-state index < -0.39 is 11.6 Å². The number of amides is 1. The van der Waals surface area contributed by atoms with E-state index in [4.69, 9.17) is 11.6 Å². The number of rotatable bonds is 2. The van der Waals surface area contributed by atoms with E-state index in [1.807, 2.05) is 4.90 Å². The van der Waals surface area contributed by atoms with Gasteiger partial charge in [-0.1, -0.05) is 23.7 Å². The van der Waals surface area contributed by atoms with Gasteiger partial charge in [-0.2, -0.15) is 0 Å². The van der Waals surface area contributed by atoms with Crippen molar-refractivity contribution in [3.8, 4) is 0 Å². The quantitative estimate of drug-likeness (QED) is 0.837. The van der Waals surface area contributed by atoms with Gasteiger partial charge >= 0.3 is 0 Å². The molecule has 0 N–H and O–H groups in total. The molecule has 2 aromatic rings. The predicted molar refractivity (Wildman–Crippen MR) is 85.9 cm³/mol. The van der Waals surface area contributed by atoms with Gasteiger partial charge in [0.15, 0.2) is 0 Å². The minimum absolute atomic E-state index is 0.0763. The van der Waals surface area contributed by atoms with Crippen LogP contribution in [0, 0.1) is 11.6 Å². The summed E-state index contributed by atoms with van der Waals surface area (Å²) >= 11 is 5.80. The van der Waals surface area contributed by atoms with E-state index in [-0.39, 0.29) is 16.5 Å². The van der Waals surface area contributed by atoms with Crippen LogP contribution in [0.4, 0.5) is 14.5 Å². The van der Waals surface area contributed by atoms with Gasteiger partial charge in [-0.15, -0.1) is 0 Å². The second-order valence-corrected chi connectivity index (χ2v) is 5.76. The smallest absolute Gasteiger partial charge is 0.256 e. The standard InChI is InChI=1S/C17H15ClF2N2O/c18-14-11-12(5-6-16(14)20)21-7-9-22(10-8-21)17(23)13-3-1-2-4-15(13)19/h1-6,11H,7-10H2. The summed E-state index contributed by atoms with van der Waals surface area (Å²) < 4.78 is 26.9. The molecule has 2 aromatic carbocycles. The summed E-state index contributed by atoms with van der Waals surface area (Å²) in [6, 6.07) is 10.5. The fourth-order valence-corrected chi connectivity index (χ4v) is 2.83. The third-order valence-electron chi connectivity index (χ3n) is 3.94. The maximum atomic E-state index is 13.7. The average molecular weight is 337 g/mol. The average Bonchev–Trinajstić information content (AvgIpc) is 2.57. The summed E-state index contributed by atoms with van der Waals surface area (Å²) in [6.45, 7) is 2.12. The van der Waals surface area contributed by atoms with Crippen LogP contribution >= 0.6 is 11.6 Å². The molecule has 0 aliphatic carbocycles. The highest BCUT2D eigenvalue weighted by molar-refractivity contribution is 6.31. The minimum atomic E-state index is -0.509. The largest absolute Gasteiger partial charge is 0.368 e. The third kappa shape index (κ3) is 3.29. The number of nitrogens with zero attached hydrogens (tertiary/aromatic N) is 2. The molecule has 3 rings (SSSR count). The Morgan fingerprint density at radius 1 is 0.957 bits per heavy atom. The SMILES string of the molecule is O=C(c1ccccc1F)N1CCN(c2ccc(F)c(Cl)c2)CC1. The molecule has 0 atom stereocenters. The van der Waals surface area contributed by atoms with Gasteiger partial charge in [0.25, 0.3) is 5.91 Å². The lowest BCUT2D eigenvalue weighted by Crippen LogP contribution is -2.49. The van der Waals surface area contributed by atoms with E-state index in [1.54, 1.807) is 29.2 Å². The fraction of sp³-hybridized carbons (Fsp3) is 0.235. The maximum absolute atomic E-state index is 13.7. The van der Waals surface area contributed by atoms with Gasteiger partial charge in [0.05, 0.1) is 10.6 Å². The molecule has 1 aliphatic rings. The van der Waals surface area contributed by atoms with E-state index in [1.165, 1.54) is 18.2 Å². The van der Waals surface area contributed by atoms with Gasteiger partial charge in [0, 0.05) is 31.9 Å². The molecule has 0 bridgehead atoms. The number of hydrogen-bond donors (Lipinski definition) is 0. The predicted octanol–water partition coefficient (Wildman–Crippen LogP) is 3.58. The molecule has 0 radical (unpaired) electrons. The Morgan fingerprint density at radius 2 is 1.65 bits per heavy atom. The summed E-state index contributed by atoms with van der Waals surface area (Å²) in [4.78, 5) is 16.0. The van der Waals surface area contributed by atoms with Crippen molar-refractivity contribution in [3.05, 3.63) is 64.7 Å². The third-order valence-corrected chi connectivity index (χ3v) is 4.23. The molecule has 1 aliphatic heterocycles. The van der Waals surface area contributed by atoms with Gasteiger partial charge in [-0.3, -0.25) is 4.79 Å². The van der Waals surface area contributed by atoms with Gasteiger partial charge < -0.3 is 9.80 Å². The lowest BCUT2D eigenvalue weighted by Gasteiger charge is -2.36. The first-order chi connectivity index (χ1) is 11.1. The summed E-state index contributed by atoms with van der Waals surface area (Å²) in [7, 11) is 0. The zero-order valence-corrected chi connectivity index (χ0v) is 13.1. The van der Waals surface area contributed by atoms with E-state index in [0.29, 0.717) is 26.2 Å². The number of piperazine rings is 1. The Labute approximate surface area is 138 Å². The van der Waals surface area contributed by atoms with Crippen molar-refractivity contribution in [1.29, 1.82) is 0 Å². The zero-order chi connectivity index (χ0) is 16.4. The molecule has 1 fully saturated rings. The number of carbonyl (C=O) groups is 1. The van der Waals surface area contributed by atoms with Crippen molar-refractivity contribution in [1.82, 2.24) is 4.90 Å². The topological polar surface area (TPSA) is 23.6 Å². The second-order valence-electron chi connectivity index (χ2n) is 5.36. The van der Waals surface area contributed by atoms with Crippen LogP contribution in [0.3, 0.4) is 0 Å². The molecule has 23 heavy (non-hydrogen) atoms. The lowest BCUT2D eigenvalue weighted by molar-refractivity contribution is 0.0742. The van der Waals surface area contributed by atoms with Crippen LogP contribution in [0.1, 0.15) is 10.4 Å². The highest BCUT2D eigenvalue weighted by Crippen LogP contribution is 2.24. The molecule has 0 saturated carbocycles. The first-order valence-electron chi connectivity index (χ1n) is 7.30. The molecule has 1 saturated heterocycles. The van der Waals surface area contributed by atoms with E-state index in [2.05, 4.69) is 0 Å². The first kappa shape index (κ1) is 15.7. The normalized spacial score (nSPS) is 14.9. The van der Waals surface area contributed by atoms with Crippen molar-refractivity contribution in [2.24, 2.45) is 0 Å². The van der Waals surface area contributed by atoms with Crippen molar-refractivity contribution < 1.29 is 13.6 Å². The molecular formula is C17H15ClF2N2O. The Morgan fingerprint density at radius 3 is 2.30 bits per heavy atom. The monoisotopic (exact) mass is 336 g/mol. The molecule has 1 amide bonds. The molecule has 1 heterocycles. The Bertz CT molecular complexity index is 730. The van der Waals surface area contributed by atoms with Crippen LogP contribution < -0.4 is 4.90 Å². The summed E-state index contributed by atoms with van der Waals surface area (Å²) in [5.74, 6) is -1.27. The molecule has 120 valence electrons. The van der Waals surface area contributed by atoms with Crippen molar-refractivity contribution in [2.75, 3.05) is 31.1 Å². The zero-order valence-electron chi connectivity index (χ0n) is 12.3. The van der Waals surface area contributed by atoms with E-state index in [9.17, 15) is 13.6 Å².